The summed E-state index contributed by atoms with van der Waals surface area (Å²) < 4.78 is 0. The van der Waals surface area contributed by atoms with Crippen molar-refractivity contribution in [1.29, 1.82) is 0 Å². The molecule has 1 heterocycles. The van der Waals surface area contributed by atoms with Gasteiger partial charge in [0.15, 0.2) is 5.69 Å². The van der Waals surface area contributed by atoms with Crippen LogP contribution in [-0.4, -0.2) is 41.6 Å². The van der Waals surface area contributed by atoms with Crippen LogP contribution in [0.1, 0.15) is 56.4 Å². The smallest absolute Gasteiger partial charge is 0.273 e. The van der Waals surface area contributed by atoms with E-state index in [9.17, 15) is 4.79 Å². The zero-order valence-electron chi connectivity index (χ0n) is 13.7. The van der Waals surface area contributed by atoms with Crippen LogP contribution in [-0.2, 0) is 0 Å². The molecule has 0 unspecified atom stereocenters. The summed E-state index contributed by atoms with van der Waals surface area (Å²) >= 11 is 0. The van der Waals surface area contributed by atoms with Gasteiger partial charge in [-0.1, -0.05) is 39.5 Å². The lowest BCUT2D eigenvalue weighted by atomic mass is 10.0. The summed E-state index contributed by atoms with van der Waals surface area (Å²) in [6, 6.07) is 3.52. The van der Waals surface area contributed by atoms with E-state index in [4.69, 9.17) is 0 Å². The maximum Gasteiger partial charge on any atom is 0.273 e. The van der Waals surface area contributed by atoms with Gasteiger partial charge in [0.2, 0.25) is 0 Å². The molecule has 0 saturated heterocycles. The molecule has 5 nitrogen and oxygen atoms in total. The normalized spacial score (nSPS) is 10.7. The van der Waals surface area contributed by atoms with Gasteiger partial charge in [-0.3, -0.25) is 4.79 Å². The number of nitrogens with one attached hydrogen (secondary N) is 1. The van der Waals surface area contributed by atoms with Crippen molar-refractivity contribution in [3.05, 3.63) is 17.8 Å². The van der Waals surface area contributed by atoms with Crippen molar-refractivity contribution < 1.29 is 4.79 Å². The highest BCUT2D eigenvalue weighted by Gasteiger charge is 2.09. The number of hydrogen-bond donors (Lipinski definition) is 1. The van der Waals surface area contributed by atoms with Crippen molar-refractivity contribution in [3.63, 3.8) is 0 Å². The van der Waals surface area contributed by atoms with E-state index in [1.807, 2.05) is 6.07 Å². The fourth-order valence-electron chi connectivity index (χ4n) is 2.02. The first-order chi connectivity index (χ1) is 10.0. The monoisotopic (exact) mass is 292 g/mol. The van der Waals surface area contributed by atoms with Crippen LogP contribution in [0.4, 0.5) is 5.82 Å². The molecule has 0 aliphatic carbocycles. The Morgan fingerprint density at radius 1 is 1.14 bits per heavy atom. The van der Waals surface area contributed by atoms with Gasteiger partial charge in [-0.05, 0) is 24.5 Å². The second-order valence-electron chi connectivity index (χ2n) is 6.03. The van der Waals surface area contributed by atoms with Crippen molar-refractivity contribution in [3.8, 4) is 0 Å². The second kappa shape index (κ2) is 9.32. The summed E-state index contributed by atoms with van der Waals surface area (Å²) in [5.74, 6) is 1.41. The highest BCUT2D eigenvalue weighted by atomic mass is 16.2. The average Bonchev–Trinajstić information content (AvgIpc) is 2.45. The molecule has 0 aliphatic heterocycles. The number of unbranched alkanes of at least 4 members (excludes halogenated alkanes) is 3. The third-order valence-corrected chi connectivity index (χ3v) is 3.30. The van der Waals surface area contributed by atoms with E-state index in [0.29, 0.717) is 5.69 Å². The molecule has 0 aliphatic rings. The number of anilines is 1. The largest absolute Gasteiger partial charge is 0.369 e. The van der Waals surface area contributed by atoms with Gasteiger partial charge in [-0.15, -0.1) is 10.2 Å². The van der Waals surface area contributed by atoms with Crippen molar-refractivity contribution in [1.82, 2.24) is 15.1 Å². The summed E-state index contributed by atoms with van der Waals surface area (Å²) in [5, 5.41) is 11.2. The van der Waals surface area contributed by atoms with Gasteiger partial charge in [0, 0.05) is 20.6 Å². The highest BCUT2D eigenvalue weighted by molar-refractivity contribution is 5.91. The van der Waals surface area contributed by atoms with Gasteiger partial charge in [0.05, 0.1) is 0 Å². The SMILES string of the molecule is CC(C)CCCCCCNc1ccc(C(=O)N(C)C)nn1. The second-order valence-corrected chi connectivity index (χ2v) is 6.03. The number of nitrogens with zero attached hydrogens (tertiary/aromatic N) is 3. The summed E-state index contributed by atoms with van der Waals surface area (Å²) in [7, 11) is 3.41. The zero-order chi connectivity index (χ0) is 15.7. The van der Waals surface area contributed by atoms with E-state index in [1.165, 1.54) is 30.6 Å². The summed E-state index contributed by atoms with van der Waals surface area (Å²) in [5.41, 5.74) is 0.374. The van der Waals surface area contributed by atoms with E-state index >= 15 is 0 Å². The third-order valence-electron chi connectivity index (χ3n) is 3.30. The van der Waals surface area contributed by atoms with Crippen molar-refractivity contribution in [2.24, 2.45) is 5.92 Å². The first-order valence-electron chi connectivity index (χ1n) is 7.80. The molecule has 1 aromatic rings. The van der Waals surface area contributed by atoms with Crippen LogP contribution >= 0.6 is 0 Å². The average molecular weight is 292 g/mol. The molecule has 1 rings (SSSR count). The molecule has 0 radical (unpaired) electrons. The van der Waals surface area contributed by atoms with Gasteiger partial charge < -0.3 is 10.2 Å². The predicted octanol–water partition coefficient (Wildman–Crippen LogP) is 3.20. The van der Waals surface area contributed by atoms with Crippen LogP contribution in [0, 0.1) is 5.92 Å². The minimum absolute atomic E-state index is 0.126. The molecule has 0 fully saturated rings. The van der Waals surface area contributed by atoms with Gasteiger partial charge in [0.1, 0.15) is 5.82 Å². The van der Waals surface area contributed by atoms with Crippen molar-refractivity contribution in [2.45, 2.75) is 46.0 Å². The van der Waals surface area contributed by atoms with Crippen molar-refractivity contribution in [2.75, 3.05) is 26.0 Å². The molecular weight excluding hydrogens is 264 g/mol. The quantitative estimate of drug-likeness (QED) is 0.710. The Hall–Kier alpha value is -1.65. The van der Waals surface area contributed by atoms with E-state index in [-0.39, 0.29) is 5.91 Å². The molecule has 1 N–H and O–H groups in total. The number of aromatic nitrogens is 2. The molecule has 118 valence electrons. The van der Waals surface area contributed by atoms with Crippen LogP contribution in [0.3, 0.4) is 0 Å². The number of hydrogen-bond acceptors (Lipinski definition) is 4. The Labute approximate surface area is 128 Å². The van der Waals surface area contributed by atoms with E-state index in [1.54, 1.807) is 20.2 Å². The molecule has 1 amide bonds. The van der Waals surface area contributed by atoms with Crippen LogP contribution in [0.25, 0.3) is 0 Å². The molecule has 0 atom stereocenters. The van der Waals surface area contributed by atoms with Crippen LogP contribution in [0.5, 0.6) is 0 Å². The fourth-order valence-corrected chi connectivity index (χ4v) is 2.02. The van der Waals surface area contributed by atoms with Crippen LogP contribution < -0.4 is 5.32 Å². The topological polar surface area (TPSA) is 58.1 Å². The van der Waals surface area contributed by atoms with Crippen molar-refractivity contribution >= 4 is 11.7 Å². The zero-order valence-corrected chi connectivity index (χ0v) is 13.7. The molecule has 0 spiro atoms. The van der Waals surface area contributed by atoms with E-state index in [2.05, 4.69) is 29.4 Å². The molecule has 5 heteroatoms. The summed E-state index contributed by atoms with van der Waals surface area (Å²) in [4.78, 5) is 13.2. The lowest BCUT2D eigenvalue weighted by molar-refractivity contribution is 0.0821. The number of rotatable bonds is 9. The highest BCUT2D eigenvalue weighted by Crippen LogP contribution is 2.10. The van der Waals surface area contributed by atoms with Gasteiger partial charge >= 0.3 is 0 Å². The lowest BCUT2D eigenvalue weighted by Crippen LogP contribution is -2.23. The first-order valence-corrected chi connectivity index (χ1v) is 7.80. The Morgan fingerprint density at radius 3 is 2.43 bits per heavy atom. The minimum Gasteiger partial charge on any atom is -0.369 e. The minimum atomic E-state index is -0.126. The number of carbonyl (C=O) groups excluding carboxylic acids is 1. The summed E-state index contributed by atoms with van der Waals surface area (Å²) in [6.45, 7) is 5.44. The van der Waals surface area contributed by atoms with E-state index in [0.717, 1.165) is 24.7 Å². The van der Waals surface area contributed by atoms with Crippen LogP contribution in [0.2, 0.25) is 0 Å². The predicted molar refractivity (Wildman–Crippen MR) is 86.5 cm³/mol. The molecule has 0 saturated carbocycles. The van der Waals surface area contributed by atoms with Crippen LogP contribution in [0.15, 0.2) is 12.1 Å². The van der Waals surface area contributed by atoms with Gasteiger partial charge in [0.25, 0.3) is 5.91 Å². The maximum atomic E-state index is 11.7. The Balaban J connectivity index is 2.20. The molecular formula is C16H28N4O. The lowest BCUT2D eigenvalue weighted by Gasteiger charge is -2.09. The number of amides is 1. The fraction of sp³-hybridized carbons (Fsp3) is 0.688. The Kier molecular flexibility index (Phi) is 7.72. The standard InChI is InChI=1S/C16H28N4O/c1-13(2)9-7-5-6-8-12-17-15-11-10-14(18-19-15)16(21)20(3)4/h10-11,13H,5-9,12H2,1-4H3,(H,17,19). The van der Waals surface area contributed by atoms with E-state index < -0.39 is 0 Å². The van der Waals surface area contributed by atoms with Gasteiger partial charge in [-0.2, -0.15) is 0 Å². The Morgan fingerprint density at radius 2 is 1.86 bits per heavy atom. The maximum absolute atomic E-state index is 11.7. The third kappa shape index (κ3) is 7.06. The number of carbonyl (C=O) groups is 1. The summed E-state index contributed by atoms with van der Waals surface area (Å²) in [6.07, 6.45) is 6.31. The molecule has 0 aromatic carbocycles. The first kappa shape index (κ1) is 17.4. The molecule has 0 bridgehead atoms. The Bertz CT molecular complexity index is 415. The molecule has 1 aromatic heterocycles. The van der Waals surface area contributed by atoms with Gasteiger partial charge in [-0.25, -0.2) is 0 Å². The molecule has 21 heavy (non-hydrogen) atoms.